The number of hydrogen-bond acceptors (Lipinski definition) is 4. The molecule has 0 spiro atoms. The van der Waals surface area contributed by atoms with E-state index in [0.29, 0.717) is 5.82 Å². The van der Waals surface area contributed by atoms with Crippen molar-refractivity contribution < 1.29 is 4.73 Å². The van der Waals surface area contributed by atoms with Crippen LogP contribution in [0.4, 0.5) is 17.2 Å². The Bertz CT molecular complexity index is 554. The molecular formula is C12H16N4O. The molecule has 2 aromatic rings. The molecular weight excluding hydrogens is 216 g/mol. The van der Waals surface area contributed by atoms with E-state index in [1.54, 1.807) is 13.2 Å². The summed E-state index contributed by atoms with van der Waals surface area (Å²) < 4.78 is 0.836. The summed E-state index contributed by atoms with van der Waals surface area (Å²) in [5.74, 6) is 0.535. The Morgan fingerprint density at radius 2 is 1.76 bits per heavy atom. The van der Waals surface area contributed by atoms with Gasteiger partial charge in [-0.15, -0.1) is 0 Å². The second kappa shape index (κ2) is 4.37. The first kappa shape index (κ1) is 11.3. The highest BCUT2D eigenvalue weighted by atomic mass is 16.5. The minimum Gasteiger partial charge on any atom is -0.711 e. The molecule has 0 aliphatic carbocycles. The maximum Gasteiger partial charge on any atom is 0.277 e. The molecule has 1 aromatic heterocycles. The molecule has 0 radical (unpaired) electrons. The van der Waals surface area contributed by atoms with Gasteiger partial charge in [0, 0.05) is 36.9 Å². The number of hydrogen-bond donors (Lipinski definition) is 3. The SMILES string of the molecule is CNc1cc(NC)c2c[n+]([O-])c(NC)cc2c1. The normalized spacial score (nSPS) is 10.3. The van der Waals surface area contributed by atoms with Crippen LogP contribution in [0.15, 0.2) is 24.4 Å². The number of pyridine rings is 1. The van der Waals surface area contributed by atoms with Gasteiger partial charge >= 0.3 is 0 Å². The molecule has 90 valence electrons. The molecule has 0 atom stereocenters. The lowest BCUT2D eigenvalue weighted by atomic mass is 10.1. The number of anilines is 3. The lowest BCUT2D eigenvalue weighted by molar-refractivity contribution is -0.588. The first-order chi connectivity index (χ1) is 8.19. The van der Waals surface area contributed by atoms with E-state index in [0.717, 1.165) is 26.9 Å². The molecule has 0 saturated carbocycles. The van der Waals surface area contributed by atoms with Crippen molar-refractivity contribution in [3.05, 3.63) is 29.6 Å². The van der Waals surface area contributed by atoms with Gasteiger partial charge in [0.15, 0.2) is 0 Å². The average molecular weight is 232 g/mol. The van der Waals surface area contributed by atoms with Crippen molar-refractivity contribution in [2.45, 2.75) is 0 Å². The third-order valence-electron chi connectivity index (χ3n) is 2.80. The van der Waals surface area contributed by atoms with E-state index in [4.69, 9.17) is 0 Å². The van der Waals surface area contributed by atoms with Crippen LogP contribution in [0.1, 0.15) is 0 Å². The Balaban J connectivity index is 2.75. The second-order valence-electron chi connectivity index (χ2n) is 3.76. The number of fused-ring (bicyclic) bond motifs is 1. The number of rotatable bonds is 3. The average Bonchev–Trinajstić information content (AvgIpc) is 2.36. The van der Waals surface area contributed by atoms with Crippen molar-refractivity contribution in [1.82, 2.24) is 0 Å². The summed E-state index contributed by atoms with van der Waals surface area (Å²) in [6.45, 7) is 0. The highest BCUT2D eigenvalue weighted by molar-refractivity contribution is 5.96. The van der Waals surface area contributed by atoms with Crippen LogP contribution in [0.2, 0.25) is 0 Å². The third kappa shape index (κ3) is 1.91. The van der Waals surface area contributed by atoms with Gasteiger partial charge in [-0.05, 0) is 17.5 Å². The van der Waals surface area contributed by atoms with E-state index < -0.39 is 0 Å². The van der Waals surface area contributed by atoms with Gasteiger partial charge in [-0.2, -0.15) is 0 Å². The van der Waals surface area contributed by atoms with E-state index in [9.17, 15) is 5.21 Å². The highest BCUT2D eigenvalue weighted by Gasteiger charge is 2.08. The van der Waals surface area contributed by atoms with Gasteiger partial charge in [0.05, 0.1) is 7.05 Å². The Kier molecular flexibility index (Phi) is 2.91. The summed E-state index contributed by atoms with van der Waals surface area (Å²) in [4.78, 5) is 0. The Morgan fingerprint density at radius 3 is 2.35 bits per heavy atom. The Hall–Kier alpha value is -2.17. The van der Waals surface area contributed by atoms with Crippen LogP contribution in [0.5, 0.6) is 0 Å². The number of nitrogens with one attached hydrogen (secondary N) is 3. The lowest BCUT2D eigenvalue weighted by Crippen LogP contribution is -2.29. The Labute approximate surface area is 100 Å². The fraction of sp³-hybridized carbons (Fsp3) is 0.250. The zero-order valence-electron chi connectivity index (χ0n) is 10.2. The van der Waals surface area contributed by atoms with Crippen LogP contribution in [0.3, 0.4) is 0 Å². The molecule has 0 aliphatic heterocycles. The van der Waals surface area contributed by atoms with E-state index in [2.05, 4.69) is 16.0 Å². The summed E-state index contributed by atoms with van der Waals surface area (Å²) in [5, 5.41) is 22.7. The maximum atomic E-state index is 11.7. The van der Waals surface area contributed by atoms with Crippen molar-refractivity contribution in [1.29, 1.82) is 0 Å². The number of aromatic nitrogens is 1. The monoisotopic (exact) mass is 232 g/mol. The molecule has 1 heterocycles. The molecule has 17 heavy (non-hydrogen) atoms. The van der Waals surface area contributed by atoms with Crippen molar-refractivity contribution in [3.8, 4) is 0 Å². The minimum atomic E-state index is 0.535. The maximum absolute atomic E-state index is 11.7. The van der Waals surface area contributed by atoms with E-state index in [-0.39, 0.29) is 0 Å². The van der Waals surface area contributed by atoms with E-state index in [1.165, 1.54) is 0 Å². The number of benzene rings is 1. The summed E-state index contributed by atoms with van der Waals surface area (Å²) in [7, 11) is 5.45. The molecule has 0 fully saturated rings. The summed E-state index contributed by atoms with van der Waals surface area (Å²) in [5.41, 5.74) is 1.94. The molecule has 0 bridgehead atoms. The van der Waals surface area contributed by atoms with Gasteiger partial charge in [0.2, 0.25) is 0 Å². The molecule has 0 saturated heterocycles. The molecule has 2 rings (SSSR count). The van der Waals surface area contributed by atoms with Crippen molar-refractivity contribution in [2.24, 2.45) is 0 Å². The minimum absolute atomic E-state index is 0.535. The van der Waals surface area contributed by atoms with Crippen molar-refractivity contribution >= 4 is 28.0 Å². The van der Waals surface area contributed by atoms with Crippen molar-refractivity contribution in [2.75, 3.05) is 37.1 Å². The zero-order chi connectivity index (χ0) is 12.4. The van der Waals surface area contributed by atoms with Gasteiger partial charge in [-0.25, -0.2) is 4.73 Å². The summed E-state index contributed by atoms with van der Waals surface area (Å²) >= 11 is 0. The van der Waals surface area contributed by atoms with E-state index >= 15 is 0 Å². The molecule has 3 N–H and O–H groups in total. The molecule has 5 heteroatoms. The zero-order valence-corrected chi connectivity index (χ0v) is 10.2. The van der Waals surface area contributed by atoms with Gasteiger partial charge in [0.25, 0.3) is 5.82 Å². The van der Waals surface area contributed by atoms with Crippen LogP contribution in [-0.2, 0) is 0 Å². The van der Waals surface area contributed by atoms with Gasteiger partial charge < -0.3 is 15.8 Å². The van der Waals surface area contributed by atoms with Crippen LogP contribution in [0.25, 0.3) is 10.8 Å². The molecule has 1 aromatic carbocycles. The molecule has 0 amide bonds. The molecule has 5 nitrogen and oxygen atoms in total. The third-order valence-corrected chi connectivity index (χ3v) is 2.80. The smallest absolute Gasteiger partial charge is 0.277 e. The fourth-order valence-corrected chi connectivity index (χ4v) is 1.87. The predicted octanol–water partition coefficient (Wildman–Crippen LogP) is 1.60. The summed E-state index contributed by atoms with van der Waals surface area (Å²) in [6.07, 6.45) is 1.58. The first-order valence-corrected chi connectivity index (χ1v) is 5.44. The largest absolute Gasteiger partial charge is 0.711 e. The van der Waals surface area contributed by atoms with Gasteiger partial charge in [-0.1, -0.05) is 0 Å². The summed E-state index contributed by atoms with van der Waals surface area (Å²) in [6, 6.07) is 5.82. The van der Waals surface area contributed by atoms with Crippen LogP contribution in [0, 0.1) is 5.21 Å². The van der Waals surface area contributed by atoms with Crippen LogP contribution in [-0.4, -0.2) is 21.1 Å². The molecule has 0 unspecified atom stereocenters. The van der Waals surface area contributed by atoms with Crippen LogP contribution < -0.4 is 20.7 Å². The Morgan fingerprint density at radius 1 is 1.00 bits per heavy atom. The van der Waals surface area contributed by atoms with Crippen LogP contribution >= 0.6 is 0 Å². The van der Waals surface area contributed by atoms with Gasteiger partial charge in [0.1, 0.15) is 6.20 Å². The van der Waals surface area contributed by atoms with Gasteiger partial charge in [-0.3, -0.25) is 5.32 Å². The quantitative estimate of drug-likeness (QED) is 0.555. The standard InChI is InChI=1S/C12H16N4O/c1-13-9-4-8-5-12(15-3)16(17)7-10(8)11(6-9)14-2/h4-7,13-15H,1-3H3. The highest BCUT2D eigenvalue weighted by Crippen LogP contribution is 2.27. The first-order valence-electron chi connectivity index (χ1n) is 5.44. The van der Waals surface area contributed by atoms with Crippen molar-refractivity contribution in [3.63, 3.8) is 0 Å². The number of nitrogens with zero attached hydrogens (tertiary/aromatic N) is 1. The molecule has 0 aliphatic rings. The second-order valence-corrected chi connectivity index (χ2v) is 3.76. The fourth-order valence-electron chi connectivity index (χ4n) is 1.87. The topological polar surface area (TPSA) is 63.0 Å². The lowest BCUT2D eigenvalue weighted by Gasteiger charge is -2.13. The predicted molar refractivity (Wildman–Crippen MR) is 71.5 cm³/mol. The van der Waals surface area contributed by atoms with E-state index in [1.807, 2.05) is 32.3 Å².